The first-order valence-corrected chi connectivity index (χ1v) is 5.48. The maximum absolute atomic E-state index is 12.0. The Labute approximate surface area is 99.9 Å². The van der Waals surface area contributed by atoms with Crippen molar-refractivity contribution in [2.45, 2.75) is 22.6 Å². The van der Waals surface area contributed by atoms with Gasteiger partial charge in [-0.3, -0.25) is 0 Å². The third-order valence-corrected chi connectivity index (χ3v) is 2.75. The van der Waals surface area contributed by atoms with Crippen LogP contribution in [0.5, 0.6) is 0 Å². The summed E-state index contributed by atoms with van der Waals surface area (Å²) < 4.78 is 36.1. The summed E-state index contributed by atoms with van der Waals surface area (Å²) in [7, 11) is 0. The van der Waals surface area contributed by atoms with E-state index in [4.69, 9.17) is 10.2 Å². The summed E-state index contributed by atoms with van der Waals surface area (Å²) in [4.78, 5) is -0.00746. The first-order valence-electron chi connectivity index (χ1n) is 4.66. The molecular weight excluding hydrogens is 257 g/mol. The van der Waals surface area contributed by atoms with E-state index in [-0.39, 0.29) is 22.2 Å². The molecule has 0 radical (unpaired) electrons. The summed E-state index contributed by atoms with van der Waals surface area (Å²) in [6.07, 6.45) is -2.67. The molecule has 0 saturated carbocycles. The molecule has 0 fully saturated rings. The highest BCUT2D eigenvalue weighted by Crippen LogP contribution is 2.37. The molecule has 2 unspecified atom stereocenters. The number of hydrogen-bond acceptors (Lipinski definition) is 4. The van der Waals surface area contributed by atoms with Crippen LogP contribution in [0.1, 0.15) is 11.7 Å². The van der Waals surface area contributed by atoms with Crippen LogP contribution in [0.4, 0.5) is 13.2 Å². The van der Waals surface area contributed by atoms with E-state index in [1.165, 1.54) is 24.3 Å². The molecule has 1 aromatic carbocycles. The van der Waals surface area contributed by atoms with Gasteiger partial charge in [-0.1, -0.05) is 12.1 Å². The summed E-state index contributed by atoms with van der Waals surface area (Å²) in [5, 5.41) is 27.2. The van der Waals surface area contributed by atoms with Crippen molar-refractivity contribution in [2.75, 3.05) is 6.61 Å². The lowest BCUT2D eigenvalue weighted by Gasteiger charge is -2.16. The van der Waals surface area contributed by atoms with Gasteiger partial charge in [0.1, 0.15) is 12.2 Å². The molecule has 0 amide bonds. The molecule has 7 heteroatoms. The maximum atomic E-state index is 12.0. The predicted octanol–water partition coefficient (Wildman–Crippen LogP) is 1.69. The lowest BCUT2D eigenvalue weighted by molar-refractivity contribution is -0.0328. The number of benzene rings is 1. The van der Waals surface area contributed by atoms with E-state index < -0.39 is 24.3 Å². The van der Waals surface area contributed by atoms with Gasteiger partial charge in [-0.2, -0.15) is 13.2 Å². The molecule has 1 rings (SSSR count). The molecule has 2 atom stereocenters. The molecule has 0 heterocycles. The van der Waals surface area contributed by atoms with Crippen LogP contribution in [-0.4, -0.2) is 33.5 Å². The highest BCUT2D eigenvalue weighted by molar-refractivity contribution is 8.00. The van der Waals surface area contributed by atoms with Gasteiger partial charge in [-0.05, 0) is 29.5 Å². The fraction of sp³-hybridized carbons (Fsp3) is 0.400. The molecule has 0 aliphatic heterocycles. The van der Waals surface area contributed by atoms with Crippen LogP contribution in [0.2, 0.25) is 0 Å². The van der Waals surface area contributed by atoms with Crippen LogP contribution in [-0.2, 0) is 0 Å². The minimum absolute atomic E-state index is 0.00746. The number of alkyl halides is 3. The second-order valence-electron chi connectivity index (χ2n) is 3.31. The Kier molecular flexibility index (Phi) is 4.81. The van der Waals surface area contributed by atoms with E-state index >= 15 is 0 Å². The van der Waals surface area contributed by atoms with Gasteiger partial charge in [-0.25, -0.2) is 0 Å². The Balaban J connectivity index is 2.74. The smallest absolute Gasteiger partial charge is 0.394 e. The summed E-state index contributed by atoms with van der Waals surface area (Å²) in [6, 6.07) is 4.94. The molecule has 17 heavy (non-hydrogen) atoms. The molecule has 0 bridgehead atoms. The Hall–Kier alpha value is -0.760. The number of thioether (sulfide) groups is 1. The zero-order valence-electron chi connectivity index (χ0n) is 8.55. The molecular formula is C10H11F3O3S. The standard InChI is InChI=1S/C10H11F3O3S/c11-10(12,13)17-7-3-1-6(2-4-7)9(16)8(15)5-14/h1-4,8-9,14-16H,5H2. The van der Waals surface area contributed by atoms with Crippen molar-refractivity contribution in [3.63, 3.8) is 0 Å². The lowest BCUT2D eigenvalue weighted by Crippen LogP contribution is -2.21. The molecule has 3 N–H and O–H groups in total. The topological polar surface area (TPSA) is 60.7 Å². The van der Waals surface area contributed by atoms with E-state index in [9.17, 15) is 18.3 Å². The summed E-state index contributed by atoms with van der Waals surface area (Å²) in [5.74, 6) is 0. The van der Waals surface area contributed by atoms with E-state index in [2.05, 4.69) is 0 Å². The second kappa shape index (κ2) is 5.72. The van der Waals surface area contributed by atoms with Gasteiger partial charge in [0.25, 0.3) is 0 Å². The van der Waals surface area contributed by atoms with Crippen molar-refractivity contribution in [3.05, 3.63) is 29.8 Å². The minimum atomic E-state index is -4.36. The number of halogens is 3. The van der Waals surface area contributed by atoms with Crippen molar-refractivity contribution >= 4 is 11.8 Å². The van der Waals surface area contributed by atoms with Crippen molar-refractivity contribution in [2.24, 2.45) is 0 Å². The predicted molar refractivity (Wildman–Crippen MR) is 56.4 cm³/mol. The van der Waals surface area contributed by atoms with Gasteiger partial charge in [-0.15, -0.1) is 0 Å². The van der Waals surface area contributed by atoms with Crippen LogP contribution in [0.3, 0.4) is 0 Å². The van der Waals surface area contributed by atoms with E-state index in [0.717, 1.165) is 0 Å². The van der Waals surface area contributed by atoms with Crippen molar-refractivity contribution in [1.82, 2.24) is 0 Å². The summed E-state index contributed by atoms with van der Waals surface area (Å²) in [6.45, 7) is -0.625. The number of hydrogen-bond donors (Lipinski definition) is 3. The number of aliphatic hydroxyl groups excluding tert-OH is 3. The van der Waals surface area contributed by atoms with E-state index in [0.29, 0.717) is 0 Å². The Bertz CT molecular complexity index is 353. The number of rotatable bonds is 4. The van der Waals surface area contributed by atoms with Crippen LogP contribution in [0.25, 0.3) is 0 Å². The first kappa shape index (κ1) is 14.3. The average Bonchev–Trinajstić information content (AvgIpc) is 2.26. The lowest BCUT2D eigenvalue weighted by atomic mass is 10.1. The third kappa shape index (κ3) is 4.55. The zero-order chi connectivity index (χ0) is 13.1. The van der Waals surface area contributed by atoms with Gasteiger partial charge in [0, 0.05) is 4.90 Å². The molecule has 0 aliphatic carbocycles. The molecule has 1 aromatic rings. The molecule has 0 saturated heterocycles. The van der Waals surface area contributed by atoms with Gasteiger partial charge < -0.3 is 15.3 Å². The van der Waals surface area contributed by atoms with Gasteiger partial charge >= 0.3 is 5.51 Å². The molecule has 0 aliphatic rings. The van der Waals surface area contributed by atoms with Crippen LogP contribution < -0.4 is 0 Å². The van der Waals surface area contributed by atoms with Crippen molar-refractivity contribution in [1.29, 1.82) is 0 Å². The monoisotopic (exact) mass is 268 g/mol. The van der Waals surface area contributed by atoms with Crippen LogP contribution in [0, 0.1) is 0 Å². The zero-order valence-corrected chi connectivity index (χ0v) is 9.37. The SMILES string of the molecule is OCC(O)C(O)c1ccc(SC(F)(F)F)cc1. The summed E-state index contributed by atoms with van der Waals surface area (Å²) in [5.41, 5.74) is -4.11. The highest BCUT2D eigenvalue weighted by Gasteiger charge is 2.29. The van der Waals surface area contributed by atoms with Gasteiger partial charge in [0.05, 0.1) is 6.61 Å². The van der Waals surface area contributed by atoms with Crippen LogP contribution >= 0.6 is 11.8 Å². The molecule has 96 valence electrons. The van der Waals surface area contributed by atoms with Gasteiger partial charge in [0.15, 0.2) is 0 Å². The Morgan fingerprint density at radius 3 is 2.06 bits per heavy atom. The average molecular weight is 268 g/mol. The third-order valence-electron chi connectivity index (χ3n) is 2.01. The summed E-state index contributed by atoms with van der Waals surface area (Å²) >= 11 is -0.258. The largest absolute Gasteiger partial charge is 0.446 e. The molecule has 0 spiro atoms. The highest BCUT2D eigenvalue weighted by atomic mass is 32.2. The minimum Gasteiger partial charge on any atom is -0.394 e. The Morgan fingerprint density at radius 2 is 1.65 bits per heavy atom. The first-order chi connectivity index (χ1) is 7.83. The second-order valence-corrected chi connectivity index (χ2v) is 4.45. The maximum Gasteiger partial charge on any atom is 0.446 e. The fourth-order valence-corrected chi connectivity index (χ4v) is 1.73. The molecule has 3 nitrogen and oxygen atoms in total. The van der Waals surface area contributed by atoms with Crippen molar-refractivity contribution < 1.29 is 28.5 Å². The Morgan fingerprint density at radius 1 is 1.12 bits per heavy atom. The quantitative estimate of drug-likeness (QED) is 0.727. The van der Waals surface area contributed by atoms with E-state index in [1.807, 2.05) is 0 Å². The fourth-order valence-electron chi connectivity index (χ4n) is 1.19. The van der Waals surface area contributed by atoms with Crippen molar-refractivity contribution in [3.8, 4) is 0 Å². The van der Waals surface area contributed by atoms with Gasteiger partial charge in [0.2, 0.25) is 0 Å². The normalized spacial score (nSPS) is 15.6. The van der Waals surface area contributed by atoms with Crippen LogP contribution in [0.15, 0.2) is 29.2 Å². The van der Waals surface area contributed by atoms with E-state index in [1.54, 1.807) is 0 Å². The number of aliphatic hydroxyl groups is 3. The molecule has 0 aromatic heterocycles.